The van der Waals surface area contributed by atoms with E-state index in [0.29, 0.717) is 23.0 Å². The van der Waals surface area contributed by atoms with Crippen molar-refractivity contribution in [2.45, 2.75) is 51.7 Å². The summed E-state index contributed by atoms with van der Waals surface area (Å²) in [6, 6.07) is 13.5. The molecule has 1 aliphatic heterocycles. The van der Waals surface area contributed by atoms with E-state index in [1.807, 2.05) is 43.3 Å². The van der Waals surface area contributed by atoms with Crippen molar-refractivity contribution in [2.24, 2.45) is 0 Å². The van der Waals surface area contributed by atoms with Crippen LogP contribution in [0.15, 0.2) is 61.1 Å². The van der Waals surface area contributed by atoms with E-state index in [0.717, 1.165) is 16.9 Å². The lowest BCUT2D eigenvalue weighted by atomic mass is 9.98. The lowest BCUT2D eigenvalue weighted by Gasteiger charge is -2.28. The van der Waals surface area contributed by atoms with Crippen molar-refractivity contribution in [2.75, 3.05) is 17.3 Å². The fourth-order valence-electron chi connectivity index (χ4n) is 4.15. The largest absolute Gasteiger partial charge is 0.494 e. The summed E-state index contributed by atoms with van der Waals surface area (Å²) in [6.45, 7) is 8.35. The fraction of sp³-hybridized carbons (Fsp3) is 0.346. The standard InChI is InChI=1S/C26H31N5O2S/c1-6-22(32)28-19-11-10-18(15-21(19)33-5)31-24(17-12-14-30(16-17)26(2,3)4)23(29-25(31)34)20-9-7-8-13-27-20/h7-16,23-24H,6H2,1-5H3,(H,28,32)(H,29,34)/t23-,24-/m1/s1. The highest BCUT2D eigenvalue weighted by Gasteiger charge is 2.41. The van der Waals surface area contributed by atoms with Crippen LogP contribution in [0.3, 0.4) is 0 Å². The van der Waals surface area contributed by atoms with Gasteiger partial charge in [0, 0.05) is 42.3 Å². The van der Waals surface area contributed by atoms with Crippen LogP contribution in [0.1, 0.15) is 57.5 Å². The van der Waals surface area contributed by atoms with Gasteiger partial charge in [0.25, 0.3) is 0 Å². The Morgan fingerprint density at radius 3 is 2.65 bits per heavy atom. The van der Waals surface area contributed by atoms with Gasteiger partial charge >= 0.3 is 0 Å². The summed E-state index contributed by atoms with van der Waals surface area (Å²) < 4.78 is 7.82. The molecule has 1 saturated heterocycles. The van der Waals surface area contributed by atoms with Gasteiger partial charge in [0.2, 0.25) is 5.91 Å². The quantitative estimate of drug-likeness (QED) is 0.477. The van der Waals surface area contributed by atoms with Crippen molar-refractivity contribution >= 4 is 34.6 Å². The molecule has 0 aliphatic carbocycles. The Hall–Kier alpha value is -3.39. The topological polar surface area (TPSA) is 71.4 Å². The minimum absolute atomic E-state index is 0.0432. The second kappa shape index (κ2) is 9.46. The van der Waals surface area contributed by atoms with E-state index < -0.39 is 0 Å². The Morgan fingerprint density at radius 2 is 2.03 bits per heavy atom. The molecule has 34 heavy (non-hydrogen) atoms. The van der Waals surface area contributed by atoms with Gasteiger partial charge in [0.15, 0.2) is 5.11 Å². The van der Waals surface area contributed by atoms with E-state index in [1.165, 1.54) is 0 Å². The third-order valence-electron chi connectivity index (χ3n) is 5.99. The Bertz CT molecular complexity index is 1190. The molecule has 2 atom stereocenters. The minimum Gasteiger partial charge on any atom is -0.494 e. The molecule has 2 N–H and O–H groups in total. The highest BCUT2D eigenvalue weighted by Crippen LogP contribution is 2.43. The van der Waals surface area contributed by atoms with Crippen molar-refractivity contribution < 1.29 is 9.53 Å². The zero-order valence-corrected chi connectivity index (χ0v) is 21.0. The van der Waals surface area contributed by atoms with Crippen molar-refractivity contribution in [1.29, 1.82) is 0 Å². The summed E-state index contributed by atoms with van der Waals surface area (Å²) in [6.07, 6.45) is 6.47. The van der Waals surface area contributed by atoms with E-state index in [4.69, 9.17) is 17.0 Å². The lowest BCUT2D eigenvalue weighted by molar-refractivity contribution is -0.115. The highest BCUT2D eigenvalue weighted by atomic mass is 32.1. The molecule has 1 fully saturated rings. The molecule has 0 unspecified atom stereocenters. The zero-order chi connectivity index (χ0) is 24.5. The number of methoxy groups -OCH3 is 1. The molecule has 7 nitrogen and oxygen atoms in total. The van der Waals surface area contributed by atoms with E-state index >= 15 is 0 Å². The average Bonchev–Trinajstić information content (AvgIpc) is 3.44. The molecule has 0 radical (unpaired) electrons. The van der Waals surface area contributed by atoms with Crippen LogP contribution in [-0.2, 0) is 10.3 Å². The first kappa shape index (κ1) is 23.8. The third-order valence-corrected chi connectivity index (χ3v) is 6.30. The minimum atomic E-state index is -0.130. The van der Waals surface area contributed by atoms with Crippen LogP contribution in [0.2, 0.25) is 0 Å². The van der Waals surface area contributed by atoms with Crippen LogP contribution in [-0.4, -0.2) is 27.7 Å². The van der Waals surface area contributed by atoms with Crippen LogP contribution < -0.4 is 20.3 Å². The Balaban J connectivity index is 1.79. The number of carbonyl (C=O) groups is 1. The number of thiocarbonyl (C=S) groups is 1. The fourth-order valence-corrected chi connectivity index (χ4v) is 4.49. The molecule has 1 aromatic carbocycles. The normalized spacial score (nSPS) is 18.0. The van der Waals surface area contributed by atoms with Crippen LogP contribution >= 0.6 is 12.2 Å². The maximum atomic E-state index is 11.9. The summed E-state index contributed by atoms with van der Waals surface area (Å²) in [4.78, 5) is 18.7. The summed E-state index contributed by atoms with van der Waals surface area (Å²) >= 11 is 5.83. The van der Waals surface area contributed by atoms with Gasteiger partial charge in [-0.15, -0.1) is 0 Å². The number of pyridine rings is 1. The first-order valence-electron chi connectivity index (χ1n) is 11.4. The first-order chi connectivity index (χ1) is 16.2. The molecule has 178 valence electrons. The molecule has 1 aliphatic rings. The van der Waals surface area contributed by atoms with Crippen molar-refractivity contribution in [1.82, 2.24) is 14.9 Å². The van der Waals surface area contributed by atoms with E-state index in [1.54, 1.807) is 13.3 Å². The molecule has 3 heterocycles. The number of benzene rings is 1. The molecule has 4 rings (SSSR count). The molecule has 3 aromatic rings. The molecule has 0 saturated carbocycles. The third kappa shape index (κ3) is 4.63. The Kier molecular flexibility index (Phi) is 6.61. The Morgan fingerprint density at radius 1 is 1.24 bits per heavy atom. The molecule has 2 aromatic heterocycles. The first-order valence-corrected chi connectivity index (χ1v) is 11.8. The summed E-state index contributed by atoms with van der Waals surface area (Å²) in [5.74, 6) is 0.510. The second-order valence-electron chi connectivity index (χ2n) is 9.31. The molecule has 1 amide bonds. The second-order valence-corrected chi connectivity index (χ2v) is 9.69. The van der Waals surface area contributed by atoms with Crippen LogP contribution in [0.5, 0.6) is 5.75 Å². The number of anilines is 2. The maximum Gasteiger partial charge on any atom is 0.224 e. The monoisotopic (exact) mass is 477 g/mol. The predicted molar refractivity (Wildman–Crippen MR) is 139 cm³/mol. The van der Waals surface area contributed by atoms with Gasteiger partial charge in [0.1, 0.15) is 5.75 Å². The highest BCUT2D eigenvalue weighted by molar-refractivity contribution is 7.80. The van der Waals surface area contributed by atoms with E-state index in [-0.39, 0.29) is 23.5 Å². The van der Waals surface area contributed by atoms with Crippen molar-refractivity contribution in [3.05, 3.63) is 72.3 Å². The lowest BCUT2D eigenvalue weighted by Crippen LogP contribution is -2.29. The van der Waals surface area contributed by atoms with Crippen LogP contribution in [0.4, 0.5) is 11.4 Å². The van der Waals surface area contributed by atoms with Gasteiger partial charge in [-0.3, -0.25) is 9.78 Å². The van der Waals surface area contributed by atoms with Gasteiger partial charge in [-0.1, -0.05) is 13.0 Å². The molecular weight excluding hydrogens is 446 g/mol. The van der Waals surface area contributed by atoms with Crippen LogP contribution in [0.25, 0.3) is 0 Å². The smallest absolute Gasteiger partial charge is 0.224 e. The number of nitrogens with zero attached hydrogens (tertiary/aromatic N) is 3. The number of rotatable bonds is 6. The number of hydrogen-bond donors (Lipinski definition) is 2. The summed E-state index contributed by atoms with van der Waals surface area (Å²) in [5.41, 5.74) is 3.50. The molecule has 8 heteroatoms. The van der Waals surface area contributed by atoms with Gasteiger partial charge in [-0.25, -0.2) is 0 Å². The molecule has 0 bridgehead atoms. The van der Waals surface area contributed by atoms with Crippen molar-refractivity contribution in [3.63, 3.8) is 0 Å². The van der Waals surface area contributed by atoms with Gasteiger partial charge in [-0.2, -0.15) is 0 Å². The van der Waals surface area contributed by atoms with E-state index in [2.05, 4.69) is 64.3 Å². The number of carbonyl (C=O) groups excluding carboxylic acids is 1. The number of aromatic nitrogens is 2. The SMILES string of the molecule is CCC(=O)Nc1ccc(N2C(=S)N[C@H](c3ccccn3)[C@H]2c2ccn(C(C)(C)C)c2)cc1OC. The zero-order valence-electron chi connectivity index (χ0n) is 20.2. The average molecular weight is 478 g/mol. The Labute approximate surface area is 206 Å². The number of ether oxygens (including phenoxy) is 1. The number of hydrogen-bond acceptors (Lipinski definition) is 4. The number of amides is 1. The summed E-state index contributed by atoms with van der Waals surface area (Å²) in [5, 5.41) is 6.99. The maximum absolute atomic E-state index is 11.9. The van der Waals surface area contributed by atoms with Crippen LogP contribution in [0, 0.1) is 0 Å². The summed E-state index contributed by atoms with van der Waals surface area (Å²) in [7, 11) is 1.60. The molecule has 0 spiro atoms. The number of nitrogens with one attached hydrogen (secondary N) is 2. The van der Waals surface area contributed by atoms with Crippen molar-refractivity contribution in [3.8, 4) is 5.75 Å². The van der Waals surface area contributed by atoms with Gasteiger partial charge in [0.05, 0.1) is 30.6 Å². The van der Waals surface area contributed by atoms with Gasteiger partial charge < -0.3 is 24.8 Å². The molecular formula is C26H31N5O2S. The van der Waals surface area contributed by atoms with Gasteiger partial charge in [-0.05, 0) is 68.9 Å². The van der Waals surface area contributed by atoms with E-state index in [9.17, 15) is 4.79 Å². The predicted octanol–water partition coefficient (Wildman–Crippen LogP) is 5.17.